The summed E-state index contributed by atoms with van der Waals surface area (Å²) < 4.78 is 26.6. The third-order valence-electron chi connectivity index (χ3n) is 1.04. The van der Waals surface area contributed by atoms with E-state index < -0.39 is 6.61 Å². The molecule has 0 atom stereocenters. The first kappa shape index (κ1) is 10.0. The van der Waals surface area contributed by atoms with Gasteiger partial charge in [-0.1, -0.05) is 0 Å². The summed E-state index contributed by atoms with van der Waals surface area (Å²) in [7, 11) is 0. The normalized spacial score (nSPS) is 17.7. The van der Waals surface area contributed by atoms with Gasteiger partial charge < -0.3 is 10.1 Å². The Kier molecular flexibility index (Phi) is 5.81. The Morgan fingerprint density at radius 3 is 2.10 bits per heavy atom. The maximum absolute atomic E-state index is 11.3. The minimum atomic E-state index is -2.61. The molecule has 1 fully saturated rings. The largest absolute Gasteiger partial charge is 0.345 e. The van der Waals surface area contributed by atoms with E-state index in [2.05, 4.69) is 27.1 Å². The van der Waals surface area contributed by atoms with Gasteiger partial charge in [-0.25, -0.2) is 5.25 Å². The highest BCUT2D eigenvalue weighted by atomic mass is 35.5. The molecule has 62 valence electrons. The van der Waals surface area contributed by atoms with E-state index in [0.29, 0.717) is 13.1 Å². The van der Waals surface area contributed by atoms with Crippen LogP contribution in [0.2, 0.25) is 0 Å². The second-order valence-corrected chi connectivity index (χ2v) is 1.68. The zero-order chi connectivity index (χ0) is 7.98. The van der Waals surface area contributed by atoms with Crippen LogP contribution >= 0.6 is 11.8 Å². The first-order valence-corrected chi connectivity index (χ1v) is 3.09. The van der Waals surface area contributed by atoms with Gasteiger partial charge in [-0.05, 0) is 11.8 Å². The summed E-state index contributed by atoms with van der Waals surface area (Å²) in [6, 6.07) is 0. The molecule has 0 bridgehead atoms. The Morgan fingerprint density at radius 2 is 2.00 bits per heavy atom. The van der Waals surface area contributed by atoms with E-state index in [1.165, 1.54) is 0 Å². The summed E-state index contributed by atoms with van der Waals surface area (Å²) >= 11 is 4.14. The number of halogens is 3. The van der Waals surface area contributed by atoms with Crippen LogP contribution in [0.25, 0.3) is 0 Å². The maximum atomic E-state index is 11.3. The lowest BCUT2D eigenvalue weighted by Crippen LogP contribution is -2.49. The molecular weight excluding hydrogens is 166 g/mol. The SMILES string of the molecule is FC(F)OC1CNC1.NCl. The van der Waals surface area contributed by atoms with Crippen molar-refractivity contribution in [3.63, 3.8) is 0 Å². The minimum absolute atomic E-state index is 0.255. The van der Waals surface area contributed by atoms with Crippen LogP contribution in [0, 0.1) is 0 Å². The van der Waals surface area contributed by atoms with Gasteiger partial charge in [-0.15, -0.1) is 0 Å². The molecule has 0 amide bonds. The number of ether oxygens (including phenoxy) is 1. The highest BCUT2D eigenvalue weighted by Crippen LogP contribution is 2.04. The van der Waals surface area contributed by atoms with E-state index in [9.17, 15) is 8.78 Å². The summed E-state index contributed by atoms with van der Waals surface area (Å²) in [5, 5.41) is 6.78. The van der Waals surface area contributed by atoms with Gasteiger partial charge >= 0.3 is 6.61 Å². The van der Waals surface area contributed by atoms with Crippen molar-refractivity contribution in [2.24, 2.45) is 5.25 Å². The number of rotatable bonds is 2. The fourth-order valence-electron chi connectivity index (χ4n) is 0.504. The first-order chi connectivity index (χ1) is 4.79. The van der Waals surface area contributed by atoms with Gasteiger partial charge in [0.05, 0.1) is 6.10 Å². The van der Waals surface area contributed by atoms with Gasteiger partial charge in [0.2, 0.25) is 0 Å². The number of hydrogen-bond donors (Lipinski definition) is 2. The lowest BCUT2D eigenvalue weighted by Gasteiger charge is -2.26. The monoisotopic (exact) mass is 174 g/mol. The zero-order valence-corrected chi connectivity index (χ0v) is 5.94. The van der Waals surface area contributed by atoms with Gasteiger partial charge in [0.25, 0.3) is 0 Å². The summed E-state index contributed by atoms with van der Waals surface area (Å²) in [4.78, 5) is 0. The molecule has 10 heavy (non-hydrogen) atoms. The lowest BCUT2D eigenvalue weighted by atomic mass is 10.2. The van der Waals surface area contributed by atoms with E-state index >= 15 is 0 Å². The molecular formula is C4H9ClF2N2O. The average molecular weight is 175 g/mol. The van der Waals surface area contributed by atoms with E-state index in [4.69, 9.17) is 0 Å². The third kappa shape index (κ3) is 3.94. The topological polar surface area (TPSA) is 47.3 Å². The van der Waals surface area contributed by atoms with Gasteiger partial charge in [0.15, 0.2) is 0 Å². The molecule has 6 heteroatoms. The van der Waals surface area contributed by atoms with Crippen LogP contribution in [-0.4, -0.2) is 25.8 Å². The second-order valence-electron chi connectivity index (χ2n) is 1.68. The first-order valence-electron chi connectivity index (χ1n) is 2.65. The number of alkyl halides is 2. The molecule has 3 N–H and O–H groups in total. The van der Waals surface area contributed by atoms with Gasteiger partial charge in [0, 0.05) is 13.1 Å². The van der Waals surface area contributed by atoms with Crippen molar-refractivity contribution in [1.82, 2.24) is 5.32 Å². The molecule has 0 unspecified atom stereocenters. The Bertz CT molecular complexity index is 81.7. The van der Waals surface area contributed by atoms with Gasteiger partial charge in [-0.3, -0.25) is 0 Å². The molecule has 0 aromatic carbocycles. The Labute approximate surface area is 62.6 Å². The van der Waals surface area contributed by atoms with Crippen molar-refractivity contribution in [1.29, 1.82) is 0 Å². The van der Waals surface area contributed by atoms with Crippen molar-refractivity contribution in [3.8, 4) is 0 Å². The Hall–Kier alpha value is 0.0300. The van der Waals surface area contributed by atoms with Crippen LogP contribution < -0.4 is 10.6 Å². The second kappa shape index (κ2) is 5.79. The zero-order valence-electron chi connectivity index (χ0n) is 5.19. The van der Waals surface area contributed by atoms with Crippen molar-refractivity contribution >= 4 is 11.8 Å². The minimum Gasteiger partial charge on any atom is -0.317 e. The fraction of sp³-hybridized carbons (Fsp3) is 1.00. The van der Waals surface area contributed by atoms with Crippen molar-refractivity contribution < 1.29 is 13.5 Å². The molecule has 0 saturated carbocycles. The van der Waals surface area contributed by atoms with Crippen LogP contribution in [0.15, 0.2) is 0 Å². The molecule has 1 rings (SSSR count). The van der Waals surface area contributed by atoms with Crippen LogP contribution in [0.5, 0.6) is 0 Å². The predicted molar refractivity (Wildman–Crippen MR) is 33.8 cm³/mol. The highest BCUT2D eigenvalue weighted by molar-refractivity contribution is 6.11. The Balaban J connectivity index is 0.000000371. The van der Waals surface area contributed by atoms with Gasteiger partial charge in [-0.2, -0.15) is 8.78 Å². The molecule has 0 spiro atoms. The molecule has 1 aliphatic heterocycles. The molecule has 1 saturated heterocycles. The summed E-state index contributed by atoms with van der Waals surface area (Å²) in [5.41, 5.74) is 0. The molecule has 0 aromatic rings. The van der Waals surface area contributed by atoms with E-state index in [-0.39, 0.29) is 6.10 Å². The molecule has 3 nitrogen and oxygen atoms in total. The highest BCUT2D eigenvalue weighted by Gasteiger charge is 2.20. The summed E-state index contributed by atoms with van der Waals surface area (Å²) in [6.07, 6.45) is -0.255. The third-order valence-corrected chi connectivity index (χ3v) is 1.04. The van der Waals surface area contributed by atoms with Crippen molar-refractivity contribution in [3.05, 3.63) is 0 Å². The summed E-state index contributed by atoms with van der Waals surface area (Å²) in [5.74, 6) is 0. The van der Waals surface area contributed by atoms with Crippen LogP contribution in [0.4, 0.5) is 8.78 Å². The maximum Gasteiger partial charge on any atom is 0.345 e. The Morgan fingerprint density at radius 1 is 1.50 bits per heavy atom. The van der Waals surface area contributed by atoms with Crippen LogP contribution in [0.1, 0.15) is 0 Å². The number of nitrogens with two attached hydrogens (primary N) is 1. The van der Waals surface area contributed by atoms with E-state index in [0.717, 1.165) is 0 Å². The van der Waals surface area contributed by atoms with Crippen LogP contribution in [-0.2, 0) is 4.74 Å². The summed E-state index contributed by atoms with van der Waals surface area (Å²) in [6.45, 7) is -1.49. The molecule has 0 aromatic heterocycles. The fourth-order valence-corrected chi connectivity index (χ4v) is 0.504. The molecule has 0 aliphatic carbocycles. The smallest absolute Gasteiger partial charge is 0.317 e. The number of hydrogen-bond acceptors (Lipinski definition) is 3. The molecule has 1 aliphatic rings. The van der Waals surface area contributed by atoms with Crippen molar-refractivity contribution in [2.75, 3.05) is 13.1 Å². The van der Waals surface area contributed by atoms with Crippen LogP contribution in [0.3, 0.4) is 0 Å². The average Bonchev–Trinajstić information content (AvgIpc) is 1.84. The quantitative estimate of drug-likeness (QED) is 0.592. The van der Waals surface area contributed by atoms with E-state index in [1.807, 2.05) is 0 Å². The van der Waals surface area contributed by atoms with Crippen molar-refractivity contribution in [2.45, 2.75) is 12.7 Å². The number of nitrogens with one attached hydrogen (secondary N) is 1. The molecule has 0 radical (unpaired) electrons. The standard InChI is InChI=1S/C4H7F2NO.ClH2N/c5-4(6)8-3-1-7-2-3;1-2/h3-4,7H,1-2H2;2H2. The predicted octanol–water partition coefficient (Wildman–Crippen LogP) is 0.296. The lowest BCUT2D eigenvalue weighted by molar-refractivity contribution is -0.172. The molecule has 1 heterocycles. The van der Waals surface area contributed by atoms with E-state index in [1.54, 1.807) is 0 Å². The van der Waals surface area contributed by atoms with Gasteiger partial charge in [0.1, 0.15) is 0 Å².